The monoisotopic (exact) mass is 377 g/mol. The average molecular weight is 377 g/mol. The van der Waals surface area contributed by atoms with Crippen LogP contribution in [0, 0.1) is 0 Å². The van der Waals surface area contributed by atoms with E-state index in [4.69, 9.17) is 13.6 Å². The van der Waals surface area contributed by atoms with E-state index in [1.165, 1.54) is 12.1 Å². The Hall–Kier alpha value is -2.65. The van der Waals surface area contributed by atoms with E-state index in [9.17, 15) is 8.42 Å². The molecule has 0 aliphatic heterocycles. The second kappa shape index (κ2) is 7.30. The Bertz CT molecular complexity index is 974. The molecule has 0 amide bonds. The number of nitrogens with one attached hydrogen (secondary N) is 1. The number of methoxy groups -OCH3 is 1. The number of hydrogen-bond acceptors (Lipinski definition) is 7. The summed E-state index contributed by atoms with van der Waals surface area (Å²) in [7, 11) is -2.24. The fraction of sp³-hybridized carbons (Fsp3) is 0.294. The van der Waals surface area contributed by atoms with Gasteiger partial charge in [0, 0.05) is 12.5 Å². The third-order valence-electron chi connectivity index (χ3n) is 3.62. The van der Waals surface area contributed by atoms with Crippen LogP contribution in [0.4, 0.5) is 0 Å². The lowest BCUT2D eigenvalue weighted by atomic mass is 10.2. The van der Waals surface area contributed by atoms with Gasteiger partial charge in [0.15, 0.2) is 5.76 Å². The lowest BCUT2D eigenvalue weighted by Gasteiger charge is -2.05. The highest BCUT2D eigenvalue weighted by atomic mass is 32.2. The highest BCUT2D eigenvalue weighted by molar-refractivity contribution is 7.89. The van der Waals surface area contributed by atoms with Crippen molar-refractivity contribution in [2.45, 2.75) is 31.4 Å². The molecule has 3 aromatic rings. The molecule has 0 saturated carbocycles. The molecule has 9 heteroatoms. The van der Waals surface area contributed by atoms with E-state index in [2.05, 4.69) is 14.9 Å². The van der Waals surface area contributed by atoms with Crippen molar-refractivity contribution in [2.75, 3.05) is 7.11 Å². The first kappa shape index (κ1) is 18.2. The van der Waals surface area contributed by atoms with E-state index in [1.54, 1.807) is 31.4 Å². The van der Waals surface area contributed by atoms with Gasteiger partial charge in [-0.3, -0.25) is 0 Å². The Morgan fingerprint density at radius 3 is 2.42 bits per heavy atom. The lowest BCUT2D eigenvalue weighted by Crippen LogP contribution is -2.22. The molecule has 0 spiro atoms. The molecule has 2 heterocycles. The summed E-state index contributed by atoms with van der Waals surface area (Å²) in [5.41, 5.74) is 0.791. The van der Waals surface area contributed by atoms with Crippen molar-refractivity contribution >= 4 is 10.0 Å². The van der Waals surface area contributed by atoms with Crippen molar-refractivity contribution in [3.8, 4) is 17.4 Å². The largest absolute Gasteiger partial charge is 0.497 e. The molecule has 1 N–H and O–H groups in total. The van der Waals surface area contributed by atoms with Crippen LogP contribution < -0.4 is 9.46 Å². The van der Waals surface area contributed by atoms with Crippen LogP contribution in [0.3, 0.4) is 0 Å². The number of hydrogen-bond donors (Lipinski definition) is 1. The van der Waals surface area contributed by atoms with Gasteiger partial charge in [-0.15, -0.1) is 10.2 Å². The fourth-order valence-corrected chi connectivity index (χ4v) is 3.09. The van der Waals surface area contributed by atoms with Gasteiger partial charge in [-0.05, 0) is 29.8 Å². The molecule has 8 nitrogen and oxygen atoms in total. The van der Waals surface area contributed by atoms with Crippen molar-refractivity contribution < 1.29 is 22.0 Å². The first-order valence-electron chi connectivity index (χ1n) is 7.95. The molecule has 3 rings (SSSR count). The summed E-state index contributed by atoms with van der Waals surface area (Å²) in [6, 6.07) is 9.92. The zero-order valence-electron chi connectivity index (χ0n) is 14.6. The molecule has 0 unspecified atom stereocenters. The molecule has 26 heavy (non-hydrogen) atoms. The first-order chi connectivity index (χ1) is 12.4. The Morgan fingerprint density at radius 1 is 1.08 bits per heavy atom. The van der Waals surface area contributed by atoms with Gasteiger partial charge in [-0.2, -0.15) is 0 Å². The van der Waals surface area contributed by atoms with E-state index in [0.717, 1.165) is 5.56 Å². The van der Waals surface area contributed by atoms with Crippen LogP contribution in [0.5, 0.6) is 5.75 Å². The van der Waals surface area contributed by atoms with E-state index in [0.29, 0.717) is 11.6 Å². The molecule has 0 radical (unpaired) electrons. The Labute approximate surface area is 151 Å². The van der Waals surface area contributed by atoms with Crippen molar-refractivity contribution in [2.24, 2.45) is 0 Å². The number of aromatic nitrogens is 2. The van der Waals surface area contributed by atoms with Crippen molar-refractivity contribution in [1.82, 2.24) is 14.9 Å². The molecule has 138 valence electrons. The quantitative estimate of drug-likeness (QED) is 0.674. The van der Waals surface area contributed by atoms with Gasteiger partial charge in [0.25, 0.3) is 15.9 Å². The number of ether oxygens (including phenoxy) is 1. The summed E-state index contributed by atoms with van der Waals surface area (Å²) in [5.74, 6) is 1.58. The maximum atomic E-state index is 12.4. The van der Waals surface area contributed by atoms with Gasteiger partial charge >= 0.3 is 0 Å². The van der Waals surface area contributed by atoms with Gasteiger partial charge in [0.05, 0.1) is 7.11 Å². The zero-order valence-corrected chi connectivity index (χ0v) is 15.4. The molecule has 1 aromatic carbocycles. The summed E-state index contributed by atoms with van der Waals surface area (Å²) in [6.45, 7) is 3.96. The Kier molecular flexibility index (Phi) is 5.10. The van der Waals surface area contributed by atoms with Crippen LogP contribution in [-0.4, -0.2) is 25.7 Å². The van der Waals surface area contributed by atoms with Gasteiger partial charge in [-0.1, -0.05) is 26.0 Å². The molecule has 0 saturated heterocycles. The van der Waals surface area contributed by atoms with E-state index in [-0.39, 0.29) is 29.2 Å². The van der Waals surface area contributed by atoms with Gasteiger partial charge in [0.2, 0.25) is 11.0 Å². The van der Waals surface area contributed by atoms with Crippen molar-refractivity contribution in [3.05, 3.63) is 47.9 Å². The summed E-state index contributed by atoms with van der Waals surface area (Å²) in [5, 5.41) is 7.56. The number of furan rings is 1. The predicted molar refractivity (Wildman–Crippen MR) is 93.1 cm³/mol. The molecule has 0 atom stereocenters. The topological polar surface area (TPSA) is 107 Å². The maximum Gasteiger partial charge on any atom is 0.283 e. The normalized spacial score (nSPS) is 11.8. The third kappa shape index (κ3) is 3.94. The van der Waals surface area contributed by atoms with Crippen LogP contribution in [0.25, 0.3) is 11.7 Å². The Morgan fingerprint density at radius 2 is 1.81 bits per heavy atom. The van der Waals surface area contributed by atoms with Crippen LogP contribution >= 0.6 is 0 Å². The minimum Gasteiger partial charge on any atom is -0.497 e. The zero-order chi connectivity index (χ0) is 18.7. The predicted octanol–water partition coefficient (Wildman–Crippen LogP) is 2.94. The number of sulfonamides is 1. The van der Waals surface area contributed by atoms with Crippen molar-refractivity contribution in [3.63, 3.8) is 0 Å². The minimum atomic E-state index is -3.81. The van der Waals surface area contributed by atoms with Crippen LogP contribution in [0.1, 0.15) is 31.2 Å². The SMILES string of the molecule is COc1ccc(CNS(=O)(=O)c2ccc(-c3nnc(C(C)C)o3)o2)cc1. The van der Waals surface area contributed by atoms with Crippen molar-refractivity contribution in [1.29, 1.82) is 0 Å². The van der Waals surface area contributed by atoms with Crippen LogP contribution in [0.2, 0.25) is 0 Å². The lowest BCUT2D eigenvalue weighted by molar-refractivity contribution is 0.414. The second-order valence-electron chi connectivity index (χ2n) is 5.89. The molecule has 0 aliphatic rings. The summed E-state index contributed by atoms with van der Waals surface area (Å²) >= 11 is 0. The second-order valence-corrected chi connectivity index (χ2v) is 7.59. The average Bonchev–Trinajstić information content (AvgIpc) is 3.29. The summed E-state index contributed by atoms with van der Waals surface area (Å²) in [4.78, 5) is 0. The van der Waals surface area contributed by atoms with Gasteiger partial charge in [-0.25, -0.2) is 13.1 Å². The van der Waals surface area contributed by atoms with Crippen LogP contribution in [-0.2, 0) is 16.6 Å². The van der Waals surface area contributed by atoms with E-state index in [1.807, 2.05) is 13.8 Å². The van der Waals surface area contributed by atoms with Crippen LogP contribution in [0.15, 0.2) is 50.3 Å². The standard InChI is InChI=1S/C17H19N3O5S/c1-11(2)16-19-20-17(25-16)14-8-9-15(24-14)26(21,22)18-10-12-4-6-13(23-3)7-5-12/h4-9,11,18H,10H2,1-3H3. The minimum absolute atomic E-state index is 0.0700. The maximum absolute atomic E-state index is 12.4. The first-order valence-corrected chi connectivity index (χ1v) is 9.43. The molecular formula is C17H19N3O5S. The molecule has 0 fully saturated rings. The number of nitrogens with zero attached hydrogens (tertiary/aromatic N) is 2. The summed E-state index contributed by atoms with van der Waals surface area (Å²) in [6.07, 6.45) is 0. The highest BCUT2D eigenvalue weighted by Gasteiger charge is 2.21. The fourth-order valence-electron chi connectivity index (χ4n) is 2.14. The smallest absolute Gasteiger partial charge is 0.283 e. The number of rotatable bonds is 7. The van der Waals surface area contributed by atoms with E-state index < -0.39 is 10.0 Å². The molecule has 2 aromatic heterocycles. The third-order valence-corrected chi connectivity index (χ3v) is 4.89. The molecule has 0 aliphatic carbocycles. The number of benzene rings is 1. The molecular weight excluding hydrogens is 358 g/mol. The van der Waals surface area contributed by atoms with Gasteiger partial charge < -0.3 is 13.6 Å². The molecule has 0 bridgehead atoms. The van der Waals surface area contributed by atoms with E-state index >= 15 is 0 Å². The Balaban J connectivity index is 1.71. The highest BCUT2D eigenvalue weighted by Crippen LogP contribution is 2.25. The van der Waals surface area contributed by atoms with Gasteiger partial charge in [0.1, 0.15) is 5.75 Å². The summed E-state index contributed by atoms with van der Waals surface area (Å²) < 4.78 is 43.2.